The summed E-state index contributed by atoms with van der Waals surface area (Å²) in [6.07, 6.45) is 4.18. The summed E-state index contributed by atoms with van der Waals surface area (Å²) in [4.78, 5) is 16.2. The SMILES string of the molecule is CCCCC(=C(N=Cc1ccc(OCC)cc1)C(=O)O)c1ccccc1. The van der Waals surface area contributed by atoms with Crippen LogP contribution < -0.4 is 4.74 Å². The molecule has 4 nitrogen and oxygen atoms in total. The van der Waals surface area contributed by atoms with Gasteiger partial charge in [0.05, 0.1) is 6.61 Å². The van der Waals surface area contributed by atoms with Crippen molar-refractivity contribution in [1.82, 2.24) is 0 Å². The van der Waals surface area contributed by atoms with Gasteiger partial charge in [-0.15, -0.1) is 0 Å². The van der Waals surface area contributed by atoms with Gasteiger partial charge in [0.15, 0.2) is 5.70 Å². The van der Waals surface area contributed by atoms with E-state index in [1.807, 2.05) is 61.5 Å². The molecule has 0 spiro atoms. The standard InChI is InChI=1S/C22H25NO3/c1-3-5-11-20(18-9-7-6-8-10-18)21(22(24)25)23-16-17-12-14-19(15-13-17)26-4-2/h6-10,12-16H,3-5,11H2,1-2H3,(H,24,25). The minimum absolute atomic E-state index is 0.0959. The number of aliphatic carboxylic acids is 1. The molecule has 0 saturated carbocycles. The van der Waals surface area contributed by atoms with Crippen molar-refractivity contribution in [3.63, 3.8) is 0 Å². The lowest BCUT2D eigenvalue weighted by Crippen LogP contribution is -2.03. The second-order valence-corrected chi connectivity index (χ2v) is 5.86. The van der Waals surface area contributed by atoms with E-state index in [-0.39, 0.29) is 5.70 Å². The number of nitrogens with zero attached hydrogens (tertiary/aromatic N) is 1. The number of aliphatic imine (C=N–C) groups is 1. The van der Waals surface area contributed by atoms with Gasteiger partial charge < -0.3 is 9.84 Å². The highest BCUT2D eigenvalue weighted by Gasteiger charge is 2.15. The number of hydrogen-bond donors (Lipinski definition) is 1. The number of benzene rings is 2. The van der Waals surface area contributed by atoms with Gasteiger partial charge in [0.1, 0.15) is 5.75 Å². The van der Waals surface area contributed by atoms with Crippen molar-refractivity contribution in [3.05, 3.63) is 71.4 Å². The molecule has 0 aliphatic carbocycles. The van der Waals surface area contributed by atoms with Crippen molar-refractivity contribution < 1.29 is 14.6 Å². The maximum absolute atomic E-state index is 11.8. The predicted molar refractivity (Wildman–Crippen MR) is 106 cm³/mol. The highest BCUT2D eigenvalue weighted by atomic mass is 16.5. The summed E-state index contributed by atoms with van der Waals surface area (Å²) in [5.74, 6) is -0.228. The number of ether oxygens (including phenoxy) is 1. The molecule has 26 heavy (non-hydrogen) atoms. The maximum atomic E-state index is 11.8. The number of carboxylic acids is 1. The molecular weight excluding hydrogens is 326 g/mol. The van der Waals surface area contributed by atoms with Gasteiger partial charge in [-0.25, -0.2) is 9.79 Å². The molecular formula is C22H25NO3. The molecule has 0 fully saturated rings. The van der Waals surface area contributed by atoms with Crippen molar-refractivity contribution >= 4 is 17.8 Å². The van der Waals surface area contributed by atoms with Gasteiger partial charge in [-0.05, 0) is 60.7 Å². The zero-order valence-corrected chi connectivity index (χ0v) is 15.3. The van der Waals surface area contributed by atoms with Gasteiger partial charge >= 0.3 is 5.97 Å². The summed E-state index contributed by atoms with van der Waals surface area (Å²) in [5.41, 5.74) is 2.60. The monoisotopic (exact) mass is 351 g/mol. The van der Waals surface area contributed by atoms with Gasteiger partial charge in [-0.2, -0.15) is 0 Å². The Balaban J connectivity index is 2.36. The number of unbranched alkanes of at least 4 members (excludes halogenated alkanes) is 1. The van der Waals surface area contributed by atoms with Crippen LogP contribution in [0.3, 0.4) is 0 Å². The van der Waals surface area contributed by atoms with Crippen molar-refractivity contribution in [1.29, 1.82) is 0 Å². The van der Waals surface area contributed by atoms with Crippen molar-refractivity contribution in [2.45, 2.75) is 33.1 Å². The van der Waals surface area contributed by atoms with Crippen LogP contribution in [0.2, 0.25) is 0 Å². The fraction of sp³-hybridized carbons (Fsp3) is 0.273. The molecule has 0 unspecified atom stereocenters. The van der Waals surface area contributed by atoms with Crippen LogP contribution in [0.5, 0.6) is 5.75 Å². The highest BCUT2D eigenvalue weighted by Crippen LogP contribution is 2.25. The number of carboxylic acid groups (broad SMARTS) is 1. The average molecular weight is 351 g/mol. The van der Waals surface area contributed by atoms with Crippen LogP contribution in [0, 0.1) is 0 Å². The minimum Gasteiger partial charge on any atom is -0.494 e. The molecule has 0 amide bonds. The highest BCUT2D eigenvalue weighted by molar-refractivity contribution is 5.98. The lowest BCUT2D eigenvalue weighted by Gasteiger charge is -2.10. The minimum atomic E-state index is -1.01. The Hall–Kier alpha value is -2.88. The first-order valence-corrected chi connectivity index (χ1v) is 8.94. The molecule has 0 heterocycles. The number of allylic oxidation sites excluding steroid dienone is 1. The number of carbonyl (C=O) groups is 1. The van der Waals surface area contributed by atoms with Gasteiger partial charge in [-0.3, -0.25) is 0 Å². The summed E-state index contributed by atoms with van der Waals surface area (Å²) >= 11 is 0. The Morgan fingerprint density at radius 3 is 2.35 bits per heavy atom. The lowest BCUT2D eigenvalue weighted by atomic mass is 9.98. The quantitative estimate of drug-likeness (QED) is 0.499. The summed E-state index contributed by atoms with van der Waals surface area (Å²) in [6.45, 7) is 4.63. The largest absolute Gasteiger partial charge is 0.494 e. The Morgan fingerprint density at radius 1 is 1.08 bits per heavy atom. The molecule has 2 aromatic rings. The van der Waals surface area contributed by atoms with Crippen LogP contribution in [0.1, 0.15) is 44.2 Å². The van der Waals surface area contributed by atoms with Crippen LogP contribution >= 0.6 is 0 Å². The van der Waals surface area contributed by atoms with E-state index in [4.69, 9.17) is 4.74 Å². The average Bonchev–Trinajstić information content (AvgIpc) is 2.66. The maximum Gasteiger partial charge on any atom is 0.354 e. The lowest BCUT2D eigenvalue weighted by molar-refractivity contribution is -0.132. The van der Waals surface area contributed by atoms with Crippen LogP contribution in [-0.4, -0.2) is 23.9 Å². The predicted octanol–water partition coefficient (Wildman–Crippen LogP) is 5.19. The van der Waals surface area contributed by atoms with Gasteiger partial charge in [-0.1, -0.05) is 43.7 Å². The third-order valence-electron chi connectivity index (χ3n) is 3.92. The summed E-state index contributed by atoms with van der Waals surface area (Å²) in [6, 6.07) is 17.0. The first-order valence-electron chi connectivity index (χ1n) is 8.94. The van der Waals surface area contributed by atoms with Crippen molar-refractivity contribution in [3.8, 4) is 5.75 Å². The summed E-state index contributed by atoms with van der Waals surface area (Å²) < 4.78 is 5.42. The first kappa shape index (κ1) is 19.4. The van der Waals surface area contributed by atoms with Crippen LogP contribution in [-0.2, 0) is 4.79 Å². The van der Waals surface area contributed by atoms with Gasteiger partial charge in [0.2, 0.25) is 0 Å². The molecule has 136 valence electrons. The normalized spacial score (nSPS) is 12.1. The van der Waals surface area contributed by atoms with E-state index >= 15 is 0 Å². The van der Waals surface area contributed by atoms with E-state index in [2.05, 4.69) is 11.9 Å². The van der Waals surface area contributed by atoms with Crippen LogP contribution in [0.25, 0.3) is 5.57 Å². The summed E-state index contributed by atoms with van der Waals surface area (Å²) in [5, 5.41) is 9.70. The van der Waals surface area contributed by atoms with Crippen molar-refractivity contribution in [2.75, 3.05) is 6.61 Å². The third-order valence-corrected chi connectivity index (χ3v) is 3.92. The Kier molecular flexibility index (Phi) is 7.62. The Labute approximate surface area is 154 Å². The molecule has 1 N–H and O–H groups in total. The number of hydrogen-bond acceptors (Lipinski definition) is 3. The molecule has 0 atom stereocenters. The fourth-order valence-electron chi connectivity index (χ4n) is 2.61. The van der Waals surface area contributed by atoms with Crippen molar-refractivity contribution in [2.24, 2.45) is 4.99 Å². The van der Waals surface area contributed by atoms with E-state index in [9.17, 15) is 9.90 Å². The number of rotatable bonds is 9. The van der Waals surface area contributed by atoms with Gasteiger partial charge in [0, 0.05) is 6.21 Å². The van der Waals surface area contributed by atoms with E-state index in [1.54, 1.807) is 6.21 Å². The van der Waals surface area contributed by atoms with Gasteiger partial charge in [0.25, 0.3) is 0 Å². The van der Waals surface area contributed by atoms with E-state index in [1.165, 1.54) is 0 Å². The molecule has 0 aromatic heterocycles. The molecule has 2 rings (SSSR count). The third kappa shape index (κ3) is 5.59. The molecule has 0 bridgehead atoms. The van der Waals surface area contributed by atoms with Crippen LogP contribution in [0.4, 0.5) is 0 Å². The summed E-state index contributed by atoms with van der Waals surface area (Å²) in [7, 11) is 0. The molecule has 0 saturated heterocycles. The second kappa shape index (κ2) is 10.2. The fourth-order valence-corrected chi connectivity index (χ4v) is 2.61. The van der Waals surface area contributed by atoms with E-state index in [0.29, 0.717) is 13.0 Å². The second-order valence-electron chi connectivity index (χ2n) is 5.86. The topological polar surface area (TPSA) is 58.9 Å². The molecule has 0 radical (unpaired) electrons. The Morgan fingerprint density at radius 2 is 1.77 bits per heavy atom. The zero-order valence-electron chi connectivity index (χ0n) is 15.3. The first-order chi connectivity index (χ1) is 12.7. The molecule has 2 aromatic carbocycles. The van der Waals surface area contributed by atoms with E-state index in [0.717, 1.165) is 35.3 Å². The van der Waals surface area contributed by atoms with Crippen LogP contribution in [0.15, 0.2) is 65.3 Å². The molecule has 0 aliphatic rings. The van der Waals surface area contributed by atoms with E-state index < -0.39 is 5.97 Å². The smallest absolute Gasteiger partial charge is 0.354 e. The Bertz CT molecular complexity index is 762. The zero-order chi connectivity index (χ0) is 18.8. The molecule has 0 aliphatic heterocycles. The molecule has 4 heteroatoms.